The van der Waals surface area contributed by atoms with Gasteiger partial charge in [0, 0.05) is 43.4 Å². The minimum absolute atomic E-state index is 0.0205. The van der Waals surface area contributed by atoms with Crippen molar-refractivity contribution in [3.8, 4) is 0 Å². The molecule has 2 unspecified atom stereocenters. The molecule has 2 aromatic rings. The molecule has 0 fully saturated rings. The van der Waals surface area contributed by atoms with Crippen molar-refractivity contribution < 1.29 is 9.59 Å². The van der Waals surface area contributed by atoms with Crippen molar-refractivity contribution in [2.75, 3.05) is 6.54 Å². The van der Waals surface area contributed by atoms with Gasteiger partial charge in [-0.15, -0.1) is 0 Å². The van der Waals surface area contributed by atoms with Gasteiger partial charge in [-0.2, -0.15) is 0 Å². The van der Waals surface area contributed by atoms with E-state index in [1.807, 2.05) is 82.0 Å². The van der Waals surface area contributed by atoms with Crippen LogP contribution in [0, 0.1) is 0 Å². The van der Waals surface area contributed by atoms with Gasteiger partial charge in [-0.05, 0) is 44.9 Å². The average molecular weight is 396 g/mol. The fraction of sp³-hybridized carbons (Fsp3) is 0.458. The quantitative estimate of drug-likeness (QED) is 0.695. The summed E-state index contributed by atoms with van der Waals surface area (Å²) in [6, 6.07) is 13.9. The highest BCUT2D eigenvalue weighted by Crippen LogP contribution is 2.35. The van der Waals surface area contributed by atoms with Gasteiger partial charge in [-0.3, -0.25) is 14.6 Å². The number of benzene rings is 1. The molecule has 5 nitrogen and oxygen atoms in total. The van der Waals surface area contributed by atoms with Crippen LogP contribution in [0.3, 0.4) is 0 Å². The molecule has 1 aromatic heterocycles. The van der Waals surface area contributed by atoms with Gasteiger partial charge in [0.25, 0.3) is 0 Å². The van der Waals surface area contributed by atoms with Crippen LogP contribution in [-0.2, 0) is 9.59 Å². The molecule has 1 aromatic carbocycles. The molecule has 0 saturated heterocycles. The fourth-order valence-corrected chi connectivity index (χ4v) is 3.85. The first kappa shape index (κ1) is 22.6. The smallest absolute Gasteiger partial charge is 0.231 e. The van der Waals surface area contributed by atoms with Crippen LogP contribution < -0.4 is 5.32 Å². The van der Waals surface area contributed by atoms with Gasteiger partial charge < -0.3 is 10.2 Å². The summed E-state index contributed by atoms with van der Waals surface area (Å²) >= 11 is 0. The number of aromatic nitrogens is 1. The number of carbonyl (C=O) groups excluding carboxylic acids is 2. The summed E-state index contributed by atoms with van der Waals surface area (Å²) in [6.07, 6.45) is 3.89. The zero-order valence-corrected chi connectivity index (χ0v) is 18.1. The monoisotopic (exact) mass is 395 g/mol. The zero-order chi connectivity index (χ0) is 21.4. The van der Waals surface area contributed by atoms with Gasteiger partial charge in [-0.1, -0.05) is 43.3 Å². The van der Waals surface area contributed by atoms with E-state index in [2.05, 4.69) is 10.3 Å². The molecule has 1 heterocycles. The molecule has 156 valence electrons. The number of pyridine rings is 1. The number of hydrogen-bond acceptors (Lipinski definition) is 3. The van der Waals surface area contributed by atoms with Crippen LogP contribution in [0.4, 0.5) is 0 Å². The molecule has 29 heavy (non-hydrogen) atoms. The van der Waals surface area contributed by atoms with Crippen molar-refractivity contribution in [2.45, 2.75) is 65.0 Å². The lowest BCUT2D eigenvalue weighted by molar-refractivity contribution is -0.137. The highest BCUT2D eigenvalue weighted by atomic mass is 16.2. The van der Waals surface area contributed by atoms with Gasteiger partial charge in [0.2, 0.25) is 11.8 Å². The number of nitrogens with one attached hydrogen (secondary N) is 1. The SMILES string of the molecule is CCC(=O)NCC(c1ccccc1)C(C(=O)N(C(C)C)C(C)C)c1cccnc1. The highest BCUT2D eigenvalue weighted by Gasteiger charge is 2.36. The van der Waals surface area contributed by atoms with E-state index in [4.69, 9.17) is 0 Å². The van der Waals surface area contributed by atoms with Crippen molar-refractivity contribution >= 4 is 11.8 Å². The van der Waals surface area contributed by atoms with Gasteiger partial charge >= 0.3 is 0 Å². The third kappa shape index (κ3) is 5.89. The summed E-state index contributed by atoms with van der Waals surface area (Å²) in [5.74, 6) is -0.591. The molecule has 0 aliphatic carbocycles. The van der Waals surface area contributed by atoms with E-state index in [1.54, 1.807) is 12.4 Å². The molecular weight excluding hydrogens is 362 g/mol. The van der Waals surface area contributed by atoms with Crippen molar-refractivity contribution in [1.82, 2.24) is 15.2 Å². The van der Waals surface area contributed by atoms with Gasteiger partial charge in [0.1, 0.15) is 0 Å². The van der Waals surface area contributed by atoms with E-state index in [0.29, 0.717) is 13.0 Å². The molecule has 2 rings (SSSR count). The number of hydrogen-bond donors (Lipinski definition) is 1. The summed E-state index contributed by atoms with van der Waals surface area (Å²) in [5.41, 5.74) is 1.89. The van der Waals surface area contributed by atoms with E-state index in [9.17, 15) is 9.59 Å². The molecule has 0 aliphatic rings. The third-order valence-electron chi connectivity index (χ3n) is 5.15. The molecule has 0 spiro atoms. The Morgan fingerprint density at radius 1 is 0.966 bits per heavy atom. The lowest BCUT2D eigenvalue weighted by atomic mass is 9.80. The first-order valence-corrected chi connectivity index (χ1v) is 10.4. The first-order chi connectivity index (χ1) is 13.9. The predicted octanol–water partition coefficient (Wildman–Crippen LogP) is 4.12. The van der Waals surface area contributed by atoms with Gasteiger partial charge in [-0.25, -0.2) is 0 Å². The van der Waals surface area contributed by atoms with Crippen LogP contribution in [0.2, 0.25) is 0 Å². The second-order valence-electron chi connectivity index (χ2n) is 7.87. The van der Waals surface area contributed by atoms with E-state index in [-0.39, 0.29) is 29.8 Å². The van der Waals surface area contributed by atoms with E-state index in [1.165, 1.54) is 0 Å². The standard InChI is InChI=1S/C24H33N3O2/c1-6-22(28)26-16-21(19-11-8-7-9-12-19)23(20-13-10-14-25-15-20)24(29)27(17(2)3)18(4)5/h7-15,17-18,21,23H,6,16H2,1-5H3,(H,26,28). The van der Waals surface area contributed by atoms with Crippen molar-refractivity contribution in [3.63, 3.8) is 0 Å². The predicted molar refractivity (Wildman–Crippen MR) is 117 cm³/mol. The lowest BCUT2D eigenvalue weighted by Gasteiger charge is -2.37. The number of carbonyl (C=O) groups is 2. The Labute approximate surface area is 174 Å². The molecular formula is C24H33N3O2. The summed E-state index contributed by atoms with van der Waals surface area (Å²) in [5, 5.41) is 3.00. The fourth-order valence-electron chi connectivity index (χ4n) is 3.85. The Balaban J connectivity index is 2.54. The first-order valence-electron chi connectivity index (χ1n) is 10.4. The molecule has 2 amide bonds. The Kier molecular flexibility index (Phi) is 8.37. The average Bonchev–Trinajstić information content (AvgIpc) is 2.71. The lowest BCUT2D eigenvalue weighted by Crippen LogP contribution is -2.47. The summed E-state index contributed by atoms with van der Waals surface area (Å²) in [6.45, 7) is 10.4. The molecule has 0 saturated carbocycles. The summed E-state index contributed by atoms with van der Waals surface area (Å²) in [7, 11) is 0. The third-order valence-corrected chi connectivity index (χ3v) is 5.15. The maximum Gasteiger partial charge on any atom is 0.231 e. The number of nitrogens with zero attached hydrogens (tertiary/aromatic N) is 2. The summed E-state index contributed by atoms with van der Waals surface area (Å²) in [4.78, 5) is 32.0. The maximum absolute atomic E-state index is 13.8. The highest BCUT2D eigenvalue weighted by molar-refractivity contribution is 5.85. The topological polar surface area (TPSA) is 62.3 Å². The molecule has 0 aliphatic heterocycles. The zero-order valence-electron chi connectivity index (χ0n) is 18.1. The minimum Gasteiger partial charge on any atom is -0.355 e. The Morgan fingerprint density at radius 2 is 1.59 bits per heavy atom. The normalized spacial score (nSPS) is 13.2. The second kappa shape index (κ2) is 10.7. The van der Waals surface area contributed by atoms with E-state index >= 15 is 0 Å². The van der Waals surface area contributed by atoms with Crippen molar-refractivity contribution in [1.29, 1.82) is 0 Å². The van der Waals surface area contributed by atoms with Crippen LogP contribution in [0.25, 0.3) is 0 Å². The molecule has 1 N–H and O–H groups in total. The van der Waals surface area contributed by atoms with Gasteiger partial charge in [0.15, 0.2) is 0 Å². The maximum atomic E-state index is 13.8. The van der Waals surface area contributed by atoms with Crippen LogP contribution in [0.5, 0.6) is 0 Å². The number of rotatable bonds is 9. The Bertz CT molecular complexity index is 767. The van der Waals surface area contributed by atoms with Crippen molar-refractivity contribution in [3.05, 3.63) is 66.0 Å². The molecule has 2 atom stereocenters. The van der Waals surface area contributed by atoms with Gasteiger partial charge in [0.05, 0.1) is 5.92 Å². The summed E-state index contributed by atoms with van der Waals surface area (Å²) < 4.78 is 0. The Morgan fingerprint density at radius 3 is 2.10 bits per heavy atom. The Hall–Kier alpha value is -2.69. The minimum atomic E-state index is -0.437. The molecule has 0 radical (unpaired) electrons. The number of amides is 2. The second-order valence-corrected chi connectivity index (χ2v) is 7.87. The molecule has 5 heteroatoms. The van der Waals surface area contributed by atoms with Crippen molar-refractivity contribution in [2.24, 2.45) is 0 Å². The van der Waals surface area contributed by atoms with Crippen LogP contribution >= 0.6 is 0 Å². The van der Waals surface area contributed by atoms with Crippen LogP contribution in [0.1, 0.15) is 64.0 Å². The van der Waals surface area contributed by atoms with Crippen LogP contribution in [0.15, 0.2) is 54.9 Å². The van der Waals surface area contributed by atoms with E-state index in [0.717, 1.165) is 11.1 Å². The molecule has 0 bridgehead atoms. The van der Waals surface area contributed by atoms with Crippen LogP contribution in [-0.4, -0.2) is 40.3 Å². The van der Waals surface area contributed by atoms with E-state index < -0.39 is 5.92 Å². The largest absolute Gasteiger partial charge is 0.355 e.